The van der Waals surface area contributed by atoms with Crippen molar-refractivity contribution in [1.29, 1.82) is 0 Å². The Kier molecular flexibility index (Phi) is 26.1. The van der Waals surface area contributed by atoms with E-state index < -0.39 is 108 Å². The molecule has 9 atom stereocenters. The van der Waals surface area contributed by atoms with Crippen molar-refractivity contribution in [2.75, 3.05) is 24.6 Å². The van der Waals surface area contributed by atoms with Gasteiger partial charge in [0.1, 0.15) is 53.8 Å². The molecule has 0 aromatic heterocycles. The van der Waals surface area contributed by atoms with Crippen molar-refractivity contribution in [3.8, 4) is 11.5 Å². The highest BCUT2D eigenvalue weighted by Gasteiger charge is 2.36. The minimum absolute atomic E-state index is 0.0312. The Morgan fingerprint density at radius 1 is 0.675 bits per heavy atom. The van der Waals surface area contributed by atoms with Gasteiger partial charge in [-0.3, -0.25) is 38.4 Å². The third kappa shape index (κ3) is 22.0. The van der Waals surface area contributed by atoms with Gasteiger partial charge in [0.15, 0.2) is 0 Å². The number of phenolic OH excluding ortho intramolecular Hbond substituents is 2. The van der Waals surface area contributed by atoms with E-state index in [4.69, 9.17) is 34.5 Å². The number of unbranched alkanes of at least 4 members (excludes halogenated alkanes) is 2. The second kappa shape index (κ2) is 32.0. The van der Waals surface area contributed by atoms with Gasteiger partial charge in [-0.2, -0.15) is 0 Å². The molecule has 77 heavy (non-hydrogen) atoms. The molecule has 1 heterocycles. The van der Waals surface area contributed by atoms with E-state index >= 15 is 0 Å². The normalized spacial score (nSPS) is 21.3. The Balaban J connectivity index is 1.79. The number of hydrogen-bond acceptors (Lipinski definition) is 16. The largest absolute Gasteiger partial charge is 0.508 e. The molecule has 1 aliphatic heterocycles. The molecule has 0 radical (unpaired) electrons. The number of benzene rings is 3. The van der Waals surface area contributed by atoms with Crippen molar-refractivity contribution in [2.24, 2.45) is 22.9 Å². The molecule has 19 N–H and O–H groups in total. The number of amides is 10. The fourth-order valence-corrected chi connectivity index (χ4v) is 10.2. The van der Waals surface area contributed by atoms with Crippen LogP contribution in [0.5, 0.6) is 11.5 Å². The van der Waals surface area contributed by atoms with Gasteiger partial charge in [-0.05, 0) is 112 Å². The first-order valence-corrected chi connectivity index (χ1v) is 27.6. The number of nitrogens with two attached hydrogens (primary N) is 4. The summed E-state index contributed by atoms with van der Waals surface area (Å²) in [6, 6.07) is 5.85. The number of aromatic hydroxyl groups is 2. The zero-order valence-electron chi connectivity index (χ0n) is 42.3. The third-order valence-corrected chi connectivity index (χ3v) is 14.7. The van der Waals surface area contributed by atoms with Crippen LogP contribution in [0, 0.1) is 0 Å². The fourth-order valence-electron chi connectivity index (χ4n) is 7.74. The lowest BCUT2D eigenvalue weighted by atomic mass is 10.0. The highest BCUT2D eigenvalue weighted by molar-refractivity contribution is 8.76. The van der Waals surface area contributed by atoms with E-state index in [0.29, 0.717) is 41.0 Å². The first-order chi connectivity index (χ1) is 36.6. The van der Waals surface area contributed by atoms with Gasteiger partial charge in [-0.15, -0.1) is 0 Å². The van der Waals surface area contributed by atoms with E-state index in [1.54, 1.807) is 24.3 Å². The molecule has 3 aromatic carbocycles. The topological polar surface area (TPSA) is 415 Å². The van der Waals surface area contributed by atoms with Gasteiger partial charge in [-0.1, -0.05) is 69.6 Å². The van der Waals surface area contributed by atoms with Crippen molar-refractivity contribution in [1.82, 2.24) is 42.5 Å². The molecule has 24 nitrogen and oxygen atoms in total. The molecule has 0 aliphatic carbocycles. The minimum Gasteiger partial charge on any atom is -0.508 e. The van der Waals surface area contributed by atoms with Gasteiger partial charge >= 0.3 is 6.03 Å². The highest BCUT2D eigenvalue weighted by Crippen LogP contribution is 2.24. The Morgan fingerprint density at radius 3 is 1.77 bits per heavy atom. The lowest BCUT2D eigenvalue weighted by molar-refractivity contribution is -0.136. The van der Waals surface area contributed by atoms with Crippen LogP contribution in [0.1, 0.15) is 62.1 Å². The van der Waals surface area contributed by atoms with Gasteiger partial charge in [0.05, 0.1) is 12.1 Å². The van der Waals surface area contributed by atoms with Gasteiger partial charge in [0.2, 0.25) is 47.3 Å². The average Bonchev–Trinajstić information content (AvgIpc) is 3.38. The number of urea groups is 1. The van der Waals surface area contributed by atoms with Crippen LogP contribution in [-0.4, -0.2) is 148 Å². The average molecular weight is 1130 g/mol. The maximum atomic E-state index is 14.6. The van der Waals surface area contributed by atoms with Crippen LogP contribution in [0.4, 0.5) is 4.79 Å². The zero-order chi connectivity index (χ0) is 56.6. The SMILES string of the molecule is CC(O)C1NC(=O)[C@H](CCCCN)NC(=O)[C@@H](CCCCNC(N)=O)NC(=O)[C@H](Cc2ccc(O)cc2)NC(=O)[C@H](NC(=O)[C@@H](N)Cc2ccc(Cl)cc2)CSSC[C@@H](C(=O)N[C@H](Cc2ccc(O)cc2)C(N)=O)NC1=O. The first-order valence-electron chi connectivity index (χ1n) is 24.8. The molecule has 3 aromatic rings. The van der Waals surface area contributed by atoms with Crippen LogP contribution in [-0.2, 0) is 57.6 Å². The molecule has 420 valence electrons. The van der Waals surface area contributed by atoms with Gasteiger partial charge in [0, 0.05) is 35.9 Å². The molecule has 1 aliphatic rings. The molecule has 2 unspecified atom stereocenters. The van der Waals surface area contributed by atoms with Crippen molar-refractivity contribution in [3.05, 3.63) is 94.5 Å². The maximum Gasteiger partial charge on any atom is 0.312 e. The quantitative estimate of drug-likeness (QED) is 0.0437. The lowest BCUT2D eigenvalue weighted by Crippen LogP contribution is -2.62. The number of halogens is 1. The highest BCUT2D eigenvalue weighted by atomic mass is 35.5. The molecular weight excluding hydrogens is 1060 g/mol. The van der Waals surface area contributed by atoms with E-state index in [2.05, 4.69) is 42.5 Å². The summed E-state index contributed by atoms with van der Waals surface area (Å²) in [5.41, 5.74) is 24.7. The summed E-state index contributed by atoms with van der Waals surface area (Å²) in [5, 5.41) is 52.0. The molecule has 1 fully saturated rings. The molecular formula is C50H69ClN12O12S2. The molecule has 0 bridgehead atoms. The first kappa shape index (κ1) is 62.7. The van der Waals surface area contributed by atoms with Crippen LogP contribution in [0.2, 0.25) is 5.02 Å². The lowest BCUT2D eigenvalue weighted by Gasteiger charge is -2.29. The summed E-state index contributed by atoms with van der Waals surface area (Å²) in [7, 11) is 1.91. The number of primary amides is 2. The number of rotatable bonds is 21. The number of hydrogen-bond donors (Lipinski definition) is 15. The number of phenols is 2. The Hall–Kier alpha value is -6.84. The van der Waals surface area contributed by atoms with E-state index in [0.717, 1.165) is 21.6 Å². The van der Waals surface area contributed by atoms with Crippen molar-refractivity contribution in [2.45, 2.75) is 119 Å². The molecule has 0 spiro atoms. The van der Waals surface area contributed by atoms with Crippen molar-refractivity contribution >= 4 is 86.5 Å². The maximum absolute atomic E-state index is 14.6. The van der Waals surface area contributed by atoms with Gasteiger partial charge in [0.25, 0.3) is 0 Å². The van der Waals surface area contributed by atoms with E-state index in [1.807, 2.05) is 0 Å². The molecule has 4 rings (SSSR count). The van der Waals surface area contributed by atoms with E-state index in [1.165, 1.54) is 55.5 Å². The summed E-state index contributed by atoms with van der Waals surface area (Å²) < 4.78 is 0. The second-order valence-electron chi connectivity index (χ2n) is 18.3. The number of aliphatic hydroxyl groups excluding tert-OH is 1. The third-order valence-electron chi connectivity index (χ3n) is 12.1. The molecule has 0 saturated carbocycles. The number of nitrogens with one attached hydrogen (secondary N) is 8. The van der Waals surface area contributed by atoms with Crippen molar-refractivity contribution in [3.63, 3.8) is 0 Å². The van der Waals surface area contributed by atoms with Gasteiger partial charge < -0.3 is 80.8 Å². The predicted molar refractivity (Wildman–Crippen MR) is 290 cm³/mol. The number of carbonyl (C=O) groups is 9. The van der Waals surface area contributed by atoms with Crippen LogP contribution in [0.3, 0.4) is 0 Å². The molecule has 10 amide bonds. The molecule has 27 heteroatoms. The van der Waals surface area contributed by atoms with E-state index in [-0.39, 0.29) is 74.6 Å². The van der Waals surface area contributed by atoms with E-state index in [9.17, 15) is 58.5 Å². The second-order valence-corrected chi connectivity index (χ2v) is 21.3. The molecule has 1 saturated heterocycles. The zero-order valence-corrected chi connectivity index (χ0v) is 44.7. The van der Waals surface area contributed by atoms with Crippen LogP contribution >= 0.6 is 33.2 Å². The number of carbonyl (C=O) groups excluding carboxylic acids is 9. The van der Waals surface area contributed by atoms with Crippen LogP contribution in [0.15, 0.2) is 72.8 Å². The Labute approximate surface area is 458 Å². The minimum atomic E-state index is -1.74. The smallest absolute Gasteiger partial charge is 0.312 e. The summed E-state index contributed by atoms with van der Waals surface area (Å²) in [4.78, 5) is 124. The standard InChI is InChI=1S/C50H69ClN12O12S2/c1-27(64)41-49(74)62-40(47(72)59-37(42(54)67)23-29-10-16-32(65)17-11-29)26-77-76-25-39(61-43(68)34(53)22-28-8-14-31(51)15-9-28)48(73)60-38(24-30-12-18-33(66)19-13-30)46(71)58-35(7-3-5-21-56-50(55)75)44(69)57-36(45(70)63-41)6-2-4-20-52/h8-19,27,34-41,64-66H,2-7,20-26,52-53H2,1H3,(H2,54,67)(H,57,69)(H,58,71)(H,59,72)(H,60,73)(H,61,68)(H,62,74)(H,63,70)(H3,55,56,75)/t27?,34-,35+,36-,37+,38-,39+,40-,41?/m0/s1. The van der Waals surface area contributed by atoms with Crippen LogP contribution in [0.25, 0.3) is 0 Å². The predicted octanol–water partition coefficient (Wildman–Crippen LogP) is -1.27. The van der Waals surface area contributed by atoms with Crippen molar-refractivity contribution < 1.29 is 58.5 Å². The number of aliphatic hydroxyl groups is 1. The monoisotopic (exact) mass is 1130 g/mol. The fraction of sp³-hybridized carbons (Fsp3) is 0.460. The van der Waals surface area contributed by atoms with Crippen LogP contribution < -0.4 is 65.5 Å². The summed E-state index contributed by atoms with van der Waals surface area (Å²) >= 11 is 6.06. The Morgan fingerprint density at radius 2 is 1.19 bits per heavy atom. The Bertz CT molecular complexity index is 2480. The van der Waals surface area contributed by atoms with Gasteiger partial charge in [-0.25, -0.2) is 4.79 Å². The summed E-state index contributed by atoms with van der Waals surface area (Å²) in [5.74, 6) is -7.89. The summed E-state index contributed by atoms with van der Waals surface area (Å²) in [6.45, 7) is 1.55. The summed E-state index contributed by atoms with van der Waals surface area (Å²) in [6.07, 6.45) is -0.780.